The summed E-state index contributed by atoms with van der Waals surface area (Å²) in [5, 5.41) is 0.263. The molecule has 0 saturated carbocycles. The molecule has 3 heterocycles. The van der Waals surface area contributed by atoms with Crippen LogP contribution in [0.4, 0.5) is 8.78 Å². The van der Waals surface area contributed by atoms with Gasteiger partial charge in [0.2, 0.25) is 0 Å². The van der Waals surface area contributed by atoms with Crippen molar-refractivity contribution in [1.29, 1.82) is 0 Å². The van der Waals surface area contributed by atoms with Crippen molar-refractivity contribution in [1.82, 2.24) is 24.5 Å². The number of aromatic nitrogens is 5. The number of rotatable bonds is 4. The molecule has 0 spiro atoms. The van der Waals surface area contributed by atoms with E-state index in [1.807, 2.05) is 25.1 Å². The Bertz CT molecular complexity index is 1480. The van der Waals surface area contributed by atoms with Crippen LogP contribution in [-0.2, 0) is 0 Å². The maximum atomic E-state index is 15.3. The Kier molecular flexibility index (Phi) is 4.77. The van der Waals surface area contributed by atoms with Crippen LogP contribution < -0.4 is 4.74 Å². The van der Waals surface area contributed by atoms with Gasteiger partial charge in [-0.15, -0.1) is 0 Å². The summed E-state index contributed by atoms with van der Waals surface area (Å²) in [7, 11) is 1.60. The number of nitrogens with zero attached hydrogens (tertiary/aromatic N) is 5. The van der Waals surface area contributed by atoms with Crippen LogP contribution in [0.15, 0.2) is 55.1 Å². The van der Waals surface area contributed by atoms with Crippen molar-refractivity contribution < 1.29 is 13.5 Å². The van der Waals surface area contributed by atoms with Gasteiger partial charge in [0.05, 0.1) is 36.9 Å². The zero-order valence-electron chi connectivity index (χ0n) is 17.7. The largest absolute Gasteiger partial charge is 0.497 e. The molecule has 2 aromatic carbocycles. The van der Waals surface area contributed by atoms with E-state index in [9.17, 15) is 4.39 Å². The van der Waals surface area contributed by atoms with Gasteiger partial charge in [-0.1, -0.05) is 6.07 Å². The highest BCUT2D eigenvalue weighted by Crippen LogP contribution is 2.32. The van der Waals surface area contributed by atoms with Crippen LogP contribution in [0.5, 0.6) is 5.75 Å². The number of pyridine rings is 1. The molecule has 0 saturated heterocycles. The summed E-state index contributed by atoms with van der Waals surface area (Å²) in [5.74, 6) is -0.616. The van der Waals surface area contributed by atoms with Gasteiger partial charge in [0.1, 0.15) is 17.4 Å². The van der Waals surface area contributed by atoms with Crippen molar-refractivity contribution in [3.05, 3.63) is 77.9 Å². The van der Waals surface area contributed by atoms with Crippen molar-refractivity contribution in [2.75, 3.05) is 7.11 Å². The summed E-state index contributed by atoms with van der Waals surface area (Å²) < 4.78 is 37.2. The maximum Gasteiger partial charge on any atom is 0.197 e. The van der Waals surface area contributed by atoms with Gasteiger partial charge in [0, 0.05) is 28.8 Å². The fraction of sp³-hybridized carbons (Fsp3) is 0.167. The highest BCUT2D eigenvalue weighted by atomic mass is 19.1. The van der Waals surface area contributed by atoms with Gasteiger partial charge in [-0.2, -0.15) is 0 Å². The van der Waals surface area contributed by atoms with E-state index >= 15 is 4.39 Å². The first-order chi connectivity index (χ1) is 15.5. The van der Waals surface area contributed by atoms with Crippen LogP contribution in [0.2, 0.25) is 0 Å². The first kappa shape index (κ1) is 20.0. The van der Waals surface area contributed by atoms with E-state index in [4.69, 9.17) is 9.72 Å². The third kappa shape index (κ3) is 3.15. The molecule has 0 amide bonds. The molecule has 0 aliphatic heterocycles. The van der Waals surface area contributed by atoms with Gasteiger partial charge >= 0.3 is 0 Å². The van der Waals surface area contributed by atoms with Crippen molar-refractivity contribution in [2.45, 2.75) is 19.9 Å². The lowest BCUT2D eigenvalue weighted by molar-refractivity contribution is 0.415. The van der Waals surface area contributed by atoms with Crippen molar-refractivity contribution >= 4 is 22.2 Å². The molecule has 3 aromatic heterocycles. The summed E-state index contributed by atoms with van der Waals surface area (Å²) in [6.45, 7) is 3.67. The minimum absolute atomic E-state index is 0.0745. The SMILES string of the molecule is COc1ccc(C)c(-c2cnc3ncn(C(C)c4c(F)cc5ncccc5c4F)c3n2)c1. The molecule has 0 radical (unpaired) electrons. The van der Waals surface area contributed by atoms with Gasteiger partial charge in [0.25, 0.3) is 0 Å². The van der Waals surface area contributed by atoms with E-state index < -0.39 is 17.7 Å². The number of aryl methyl sites for hydroxylation is 1. The predicted molar refractivity (Wildman–Crippen MR) is 118 cm³/mol. The van der Waals surface area contributed by atoms with Gasteiger partial charge < -0.3 is 9.30 Å². The molecule has 0 N–H and O–H groups in total. The van der Waals surface area contributed by atoms with Crippen molar-refractivity contribution in [3.8, 4) is 17.0 Å². The highest BCUT2D eigenvalue weighted by molar-refractivity contribution is 5.80. The third-order valence-corrected chi connectivity index (χ3v) is 5.67. The molecule has 5 rings (SSSR count). The Morgan fingerprint density at radius 2 is 1.91 bits per heavy atom. The number of fused-ring (bicyclic) bond motifs is 2. The van der Waals surface area contributed by atoms with E-state index in [1.54, 1.807) is 36.9 Å². The molecule has 0 fully saturated rings. The summed E-state index contributed by atoms with van der Waals surface area (Å²) in [5.41, 5.74) is 3.49. The molecule has 5 aromatic rings. The number of halogens is 2. The minimum Gasteiger partial charge on any atom is -0.497 e. The van der Waals surface area contributed by atoms with Crippen LogP contribution in [0.25, 0.3) is 33.5 Å². The topological polar surface area (TPSA) is 65.7 Å². The normalized spacial score (nSPS) is 12.4. The average molecular weight is 431 g/mol. The second-order valence-corrected chi connectivity index (χ2v) is 7.57. The van der Waals surface area contributed by atoms with E-state index in [0.717, 1.165) is 11.1 Å². The fourth-order valence-electron chi connectivity index (χ4n) is 3.91. The molecular weight excluding hydrogens is 412 g/mol. The van der Waals surface area contributed by atoms with Gasteiger partial charge in [-0.25, -0.2) is 23.7 Å². The molecule has 6 nitrogen and oxygen atoms in total. The van der Waals surface area contributed by atoms with Crippen LogP contribution in [0.3, 0.4) is 0 Å². The molecule has 1 atom stereocenters. The lowest BCUT2D eigenvalue weighted by Crippen LogP contribution is -2.11. The monoisotopic (exact) mass is 431 g/mol. The number of hydrogen-bond acceptors (Lipinski definition) is 5. The lowest BCUT2D eigenvalue weighted by atomic mass is 10.0. The third-order valence-electron chi connectivity index (χ3n) is 5.67. The van der Waals surface area contributed by atoms with E-state index in [0.29, 0.717) is 22.7 Å². The van der Waals surface area contributed by atoms with Crippen LogP contribution >= 0.6 is 0 Å². The Balaban J connectivity index is 1.66. The van der Waals surface area contributed by atoms with E-state index in [1.165, 1.54) is 18.6 Å². The van der Waals surface area contributed by atoms with Crippen LogP contribution in [0.1, 0.15) is 24.1 Å². The zero-order chi connectivity index (χ0) is 22.4. The fourth-order valence-corrected chi connectivity index (χ4v) is 3.91. The minimum atomic E-state index is -0.708. The van der Waals surface area contributed by atoms with Gasteiger partial charge in [-0.3, -0.25) is 4.98 Å². The standard InChI is InChI=1S/C24H19F2N5O/c1-13-6-7-15(32-3)9-17(13)20-11-28-23-24(30-20)31(12-29-23)14(2)21-18(25)10-19-16(22(21)26)5-4-8-27-19/h4-12,14H,1-3H3. The number of methoxy groups -OCH3 is 1. The molecule has 1 unspecified atom stereocenters. The summed E-state index contributed by atoms with van der Waals surface area (Å²) >= 11 is 0. The number of benzene rings is 2. The number of ether oxygens (including phenoxy) is 1. The Morgan fingerprint density at radius 1 is 1.06 bits per heavy atom. The first-order valence-corrected chi connectivity index (χ1v) is 10.0. The number of imidazole rings is 1. The Labute approximate surface area is 182 Å². The predicted octanol–water partition coefficient (Wildman–Crippen LogP) is 5.25. The summed E-state index contributed by atoms with van der Waals surface area (Å²) in [6.07, 6.45) is 4.64. The summed E-state index contributed by atoms with van der Waals surface area (Å²) in [4.78, 5) is 17.5. The second-order valence-electron chi connectivity index (χ2n) is 7.57. The Morgan fingerprint density at radius 3 is 2.72 bits per heavy atom. The highest BCUT2D eigenvalue weighted by Gasteiger charge is 2.23. The second kappa shape index (κ2) is 7.64. The van der Waals surface area contributed by atoms with Crippen molar-refractivity contribution in [3.63, 3.8) is 0 Å². The van der Waals surface area contributed by atoms with Gasteiger partial charge in [-0.05, 0) is 43.7 Å². The quantitative estimate of drug-likeness (QED) is 0.389. The molecule has 0 bridgehead atoms. The Hall–Kier alpha value is -3.94. The molecule has 0 aliphatic carbocycles. The first-order valence-electron chi connectivity index (χ1n) is 10.0. The lowest BCUT2D eigenvalue weighted by Gasteiger charge is -2.17. The smallest absolute Gasteiger partial charge is 0.197 e. The number of hydrogen-bond donors (Lipinski definition) is 0. The van der Waals surface area contributed by atoms with E-state index in [-0.39, 0.29) is 16.5 Å². The van der Waals surface area contributed by atoms with Crippen molar-refractivity contribution in [2.24, 2.45) is 0 Å². The molecule has 32 heavy (non-hydrogen) atoms. The zero-order valence-corrected chi connectivity index (χ0v) is 17.7. The molecule has 8 heteroatoms. The van der Waals surface area contributed by atoms with Crippen LogP contribution in [-0.4, -0.2) is 31.6 Å². The van der Waals surface area contributed by atoms with E-state index in [2.05, 4.69) is 15.0 Å². The molecule has 0 aliphatic rings. The molecular formula is C24H19F2N5O. The average Bonchev–Trinajstić information content (AvgIpc) is 3.22. The van der Waals surface area contributed by atoms with Gasteiger partial charge in [0.15, 0.2) is 11.3 Å². The maximum absolute atomic E-state index is 15.3. The molecule has 160 valence electrons. The summed E-state index contributed by atoms with van der Waals surface area (Å²) in [6, 6.07) is 9.44. The van der Waals surface area contributed by atoms with Crippen LogP contribution in [0, 0.1) is 18.6 Å².